The summed E-state index contributed by atoms with van der Waals surface area (Å²) in [7, 11) is 0. The average molecular weight is 217 g/mol. The molecule has 1 aromatic rings. The predicted molar refractivity (Wildman–Crippen MR) is 65.0 cm³/mol. The van der Waals surface area contributed by atoms with Gasteiger partial charge in [0.25, 0.3) is 0 Å². The average Bonchev–Trinajstić information content (AvgIpc) is 2.32. The minimum Gasteiger partial charge on any atom is -0.320 e. The Morgan fingerprint density at radius 1 is 1.25 bits per heavy atom. The summed E-state index contributed by atoms with van der Waals surface area (Å²) in [6.45, 7) is 3.93. The molecular formula is C13H19N3. The van der Waals surface area contributed by atoms with Crippen molar-refractivity contribution in [3.8, 4) is 0 Å². The summed E-state index contributed by atoms with van der Waals surface area (Å²) in [5.74, 6) is 0. The third kappa shape index (κ3) is 2.30. The number of aromatic nitrogens is 2. The van der Waals surface area contributed by atoms with Crippen LogP contribution in [0.5, 0.6) is 0 Å². The summed E-state index contributed by atoms with van der Waals surface area (Å²) in [6.07, 6.45) is 7.14. The Labute approximate surface area is 96.8 Å². The molecule has 86 valence electrons. The normalized spacial score (nSPS) is 18.1. The van der Waals surface area contributed by atoms with E-state index < -0.39 is 0 Å². The number of hydrogen-bond acceptors (Lipinski definition) is 3. The SMILES string of the molecule is Cc1cc(C(N)C2=CCCCC2)c(C)nn1. The summed E-state index contributed by atoms with van der Waals surface area (Å²) in [5.41, 5.74) is 10.7. The number of nitrogens with zero attached hydrogens (tertiary/aromatic N) is 2. The van der Waals surface area contributed by atoms with Crippen LogP contribution in [0.1, 0.15) is 48.7 Å². The number of allylic oxidation sites excluding steroid dienone is 1. The van der Waals surface area contributed by atoms with Gasteiger partial charge in [-0.15, -0.1) is 0 Å². The highest BCUT2D eigenvalue weighted by Gasteiger charge is 2.16. The maximum Gasteiger partial charge on any atom is 0.0651 e. The summed E-state index contributed by atoms with van der Waals surface area (Å²) in [4.78, 5) is 0. The molecule has 0 saturated heterocycles. The minimum atomic E-state index is 0.00880. The van der Waals surface area contributed by atoms with Gasteiger partial charge in [0.2, 0.25) is 0 Å². The van der Waals surface area contributed by atoms with Crippen molar-refractivity contribution in [3.05, 3.63) is 34.7 Å². The second-order valence-electron chi connectivity index (χ2n) is 4.53. The van der Waals surface area contributed by atoms with E-state index in [-0.39, 0.29) is 6.04 Å². The Bertz CT molecular complexity index is 410. The van der Waals surface area contributed by atoms with E-state index >= 15 is 0 Å². The second kappa shape index (κ2) is 4.74. The van der Waals surface area contributed by atoms with Gasteiger partial charge in [-0.1, -0.05) is 11.6 Å². The van der Waals surface area contributed by atoms with E-state index in [1.54, 1.807) is 0 Å². The highest BCUT2D eigenvalue weighted by Crippen LogP contribution is 2.28. The maximum absolute atomic E-state index is 6.30. The summed E-state index contributed by atoms with van der Waals surface area (Å²) in [5, 5.41) is 8.18. The first kappa shape index (κ1) is 11.3. The van der Waals surface area contributed by atoms with E-state index in [2.05, 4.69) is 22.3 Å². The molecule has 0 bridgehead atoms. The molecule has 1 aliphatic carbocycles. The van der Waals surface area contributed by atoms with E-state index in [1.807, 2.05) is 13.8 Å². The molecule has 1 heterocycles. The molecule has 3 nitrogen and oxygen atoms in total. The topological polar surface area (TPSA) is 51.8 Å². The molecular weight excluding hydrogens is 198 g/mol. The fraction of sp³-hybridized carbons (Fsp3) is 0.538. The van der Waals surface area contributed by atoms with Gasteiger partial charge in [0, 0.05) is 0 Å². The van der Waals surface area contributed by atoms with Crippen LogP contribution in [0.3, 0.4) is 0 Å². The summed E-state index contributed by atoms with van der Waals surface area (Å²) in [6, 6.07) is 2.07. The second-order valence-corrected chi connectivity index (χ2v) is 4.53. The van der Waals surface area contributed by atoms with Crippen LogP contribution in [0.2, 0.25) is 0 Å². The molecule has 2 N–H and O–H groups in total. The van der Waals surface area contributed by atoms with Gasteiger partial charge in [-0.25, -0.2) is 0 Å². The number of hydrogen-bond donors (Lipinski definition) is 1. The van der Waals surface area contributed by atoms with E-state index in [9.17, 15) is 0 Å². The van der Waals surface area contributed by atoms with Gasteiger partial charge in [0.05, 0.1) is 17.4 Å². The zero-order valence-electron chi connectivity index (χ0n) is 10.0. The highest BCUT2D eigenvalue weighted by atomic mass is 15.1. The van der Waals surface area contributed by atoms with E-state index in [0.29, 0.717) is 0 Å². The number of aryl methyl sites for hydroxylation is 2. The van der Waals surface area contributed by atoms with E-state index in [0.717, 1.165) is 23.4 Å². The zero-order valence-corrected chi connectivity index (χ0v) is 10.0. The quantitative estimate of drug-likeness (QED) is 0.775. The summed E-state index contributed by atoms with van der Waals surface area (Å²) < 4.78 is 0. The Hall–Kier alpha value is -1.22. The molecule has 0 aliphatic heterocycles. The van der Waals surface area contributed by atoms with Gasteiger partial charge in [-0.05, 0) is 51.2 Å². The number of nitrogens with two attached hydrogens (primary N) is 1. The molecule has 0 saturated carbocycles. The molecule has 0 spiro atoms. The lowest BCUT2D eigenvalue weighted by Gasteiger charge is -2.21. The molecule has 1 unspecified atom stereocenters. The Kier molecular flexibility index (Phi) is 3.34. The van der Waals surface area contributed by atoms with Crippen molar-refractivity contribution in [1.29, 1.82) is 0 Å². The Balaban J connectivity index is 2.29. The first-order valence-corrected chi connectivity index (χ1v) is 5.94. The van der Waals surface area contributed by atoms with Gasteiger partial charge >= 0.3 is 0 Å². The molecule has 1 atom stereocenters. The molecule has 1 aromatic heterocycles. The van der Waals surface area contributed by atoms with Crippen LogP contribution in [-0.2, 0) is 0 Å². The Morgan fingerprint density at radius 2 is 2.06 bits per heavy atom. The van der Waals surface area contributed by atoms with Crippen molar-refractivity contribution in [2.45, 2.75) is 45.6 Å². The molecule has 2 rings (SSSR count). The van der Waals surface area contributed by atoms with Crippen molar-refractivity contribution in [1.82, 2.24) is 10.2 Å². The fourth-order valence-corrected chi connectivity index (χ4v) is 2.23. The molecule has 0 amide bonds. The van der Waals surface area contributed by atoms with E-state index in [1.165, 1.54) is 24.8 Å². The van der Waals surface area contributed by atoms with E-state index in [4.69, 9.17) is 5.73 Å². The van der Waals surface area contributed by atoms with Crippen molar-refractivity contribution < 1.29 is 0 Å². The first-order chi connectivity index (χ1) is 7.68. The van der Waals surface area contributed by atoms with Crippen LogP contribution >= 0.6 is 0 Å². The zero-order chi connectivity index (χ0) is 11.5. The molecule has 0 radical (unpaired) electrons. The van der Waals surface area contributed by atoms with Gasteiger partial charge in [-0.2, -0.15) is 10.2 Å². The highest BCUT2D eigenvalue weighted by molar-refractivity contribution is 5.31. The molecule has 0 fully saturated rings. The molecule has 0 aromatic carbocycles. The fourth-order valence-electron chi connectivity index (χ4n) is 2.23. The van der Waals surface area contributed by atoms with Crippen molar-refractivity contribution in [3.63, 3.8) is 0 Å². The lowest BCUT2D eigenvalue weighted by Crippen LogP contribution is -2.17. The van der Waals surface area contributed by atoms with Gasteiger partial charge in [0.15, 0.2) is 0 Å². The van der Waals surface area contributed by atoms with Gasteiger partial charge < -0.3 is 5.73 Å². The van der Waals surface area contributed by atoms with Crippen LogP contribution in [0.15, 0.2) is 17.7 Å². The van der Waals surface area contributed by atoms with Crippen LogP contribution in [0, 0.1) is 13.8 Å². The minimum absolute atomic E-state index is 0.00880. The molecule has 16 heavy (non-hydrogen) atoms. The largest absolute Gasteiger partial charge is 0.320 e. The van der Waals surface area contributed by atoms with Gasteiger partial charge in [0.1, 0.15) is 0 Å². The van der Waals surface area contributed by atoms with Crippen LogP contribution in [0.4, 0.5) is 0 Å². The van der Waals surface area contributed by atoms with Gasteiger partial charge in [-0.3, -0.25) is 0 Å². The molecule has 3 heteroatoms. The monoisotopic (exact) mass is 217 g/mol. The van der Waals surface area contributed by atoms with Crippen LogP contribution in [-0.4, -0.2) is 10.2 Å². The first-order valence-electron chi connectivity index (χ1n) is 5.94. The lowest BCUT2D eigenvalue weighted by molar-refractivity contribution is 0.643. The van der Waals surface area contributed by atoms with Crippen LogP contribution in [0.25, 0.3) is 0 Å². The third-order valence-corrected chi connectivity index (χ3v) is 3.20. The number of rotatable bonds is 2. The van der Waals surface area contributed by atoms with Crippen LogP contribution < -0.4 is 5.73 Å². The lowest BCUT2D eigenvalue weighted by atomic mass is 9.90. The Morgan fingerprint density at radius 3 is 2.75 bits per heavy atom. The summed E-state index contributed by atoms with van der Waals surface area (Å²) >= 11 is 0. The van der Waals surface area contributed by atoms with Crippen molar-refractivity contribution in [2.75, 3.05) is 0 Å². The predicted octanol–water partition coefficient (Wildman–Crippen LogP) is 2.59. The van der Waals surface area contributed by atoms with Crippen molar-refractivity contribution in [2.24, 2.45) is 5.73 Å². The maximum atomic E-state index is 6.30. The smallest absolute Gasteiger partial charge is 0.0651 e. The standard InChI is InChI=1S/C13H19N3/c1-9-8-12(10(2)16-15-9)13(14)11-6-4-3-5-7-11/h6,8,13H,3-5,7,14H2,1-2H3. The van der Waals surface area contributed by atoms with Crippen molar-refractivity contribution >= 4 is 0 Å². The molecule has 1 aliphatic rings. The third-order valence-electron chi connectivity index (χ3n) is 3.20.